The van der Waals surface area contributed by atoms with Crippen LogP contribution in [0.1, 0.15) is 35.6 Å². The highest BCUT2D eigenvalue weighted by atomic mass is 32.1. The Balaban J connectivity index is 1.95. The van der Waals surface area contributed by atoms with E-state index in [4.69, 9.17) is 0 Å². The second-order valence-electron chi connectivity index (χ2n) is 6.63. The number of carboxylic acids is 1. The standard InChI is InChI=1S/C20H21N3O2S/c1-13(2)12-23-18(21-20(26)22-23)11-14-8-9-16(17(10-14)19(24)25)15-6-4-3-5-7-15/h3-10,13H,11-12H2,1-2H3,(H,22,26)(H,24,25). The smallest absolute Gasteiger partial charge is 0.336 e. The maximum Gasteiger partial charge on any atom is 0.336 e. The summed E-state index contributed by atoms with van der Waals surface area (Å²) < 4.78 is 1.85. The minimum atomic E-state index is -0.941. The van der Waals surface area contributed by atoms with Crippen molar-refractivity contribution in [3.8, 4) is 11.1 Å². The zero-order valence-corrected chi connectivity index (χ0v) is 15.6. The van der Waals surface area contributed by atoms with Gasteiger partial charge in [0.1, 0.15) is 5.82 Å². The van der Waals surface area contributed by atoms with Crippen LogP contribution in [0.25, 0.3) is 11.1 Å². The summed E-state index contributed by atoms with van der Waals surface area (Å²) in [4.78, 5) is 16.2. The summed E-state index contributed by atoms with van der Waals surface area (Å²) >= 11 is 4.24. The summed E-state index contributed by atoms with van der Waals surface area (Å²) in [6, 6.07) is 15.1. The highest BCUT2D eigenvalue weighted by molar-refractivity contribution is 7.80. The molecule has 1 aromatic heterocycles. The molecule has 3 rings (SSSR count). The molecule has 0 atom stereocenters. The fourth-order valence-corrected chi connectivity index (χ4v) is 3.14. The van der Waals surface area contributed by atoms with Crippen LogP contribution < -0.4 is 0 Å². The maximum atomic E-state index is 11.8. The summed E-state index contributed by atoms with van der Waals surface area (Å²) in [5, 5.41) is 14.4. The molecule has 3 aromatic rings. The lowest BCUT2D eigenvalue weighted by atomic mass is 9.96. The zero-order chi connectivity index (χ0) is 18.7. The molecule has 134 valence electrons. The first-order valence-electron chi connectivity index (χ1n) is 8.48. The van der Waals surface area contributed by atoms with Gasteiger partial charge in [-0.05, 0) is 28.7 Å². The first-order chi connectivity index (χ1) is 12.4. The van der Waals surface area contributed by atoms with Crippen molar-refractivity contribution in [3.63, 3.8) is 0 Å². The third kappa shape index (κ3) is 4.14. The van der Waals surface area contributed by atoms with Crippen molar-refractivity contribution in [3.05, 3.63) is 65.5 Å². The predicted molar refractivity (Wildman–Crippen MR) is 104 cm³/mol. The lowest BCUT2D eigenvalue weighted by Crippen LogP contribution is -2.11. The number of aromatic nitrogens is 3. The Morgan fingerprint density at radius 1 is 1.19 bits per heavy atom. The van der Waals surface area contributed by atoms with Crippen molar-refractivity contribution < 1.29 is 9.90 Å². The second-order valence-corrected chi connectivity index (χ2v) is 7.03. The Hall–Kier alpha value is -2.60. The van der Waals surface area contributed by atoms with Gasteiger partial charge in [0.25, 0.3) is 0 Å². The van der Waals surface area contributed by atoms with Gasteiger partial charge in [-0.25, -0.2) is 14.5 Å². The molecule has 1 N–H and O–H groups in total. The summed E-state index contributed by atoms with van der Waals surface area (Å²) in [5.41, 5.74) is 2.76. The Morgan fingerprint density at radius 2 is 1.92 bits per heavy atom. The van der Waals surface area contributed by atoms with Crippen molar-refractivity contribution in [1.29, 1.82) is 0 Å². The SMILES string of the molecule is CC(C)Cn1nc(S)nc1Cc1ccc(-c2ccccc2)c(C(=O)O)c1. The summed E-state index contributed by atoms with van der Waals surface area (Å²) in [6.07, 6.45) is 0.510. The third-order valence-corrected chi connectivity index (χ3v) is 4.23. The fourth-order valence-electron chi connectivity index (χ4n) is 2.91. The summed E-state index contributed by atoms with van der Waals surface area (Å²) in [5.74, 6) is 0.273. The van der Waals surface area contributed by atoms with Crippen LogP contribution in [0.15, 0.2) is 53.7 Å². The van der Waals surface area contributed by atoms with Crippen molar-refractivity contribution in [2.75, 3.05) is 0 Å². The largest absolute Gasteiger partial charge is 0.478 e. The van der Waals surface area contributed by atoms with Gasteiger partial charge in [-0.2, -0.15) is 0 Å². The lowest BCUT2D eigenvalue weighted by Gasteiger charge is -2.11. The Morgan fingerprint density at radius 3 is 2.58 bits per heavy atom. The topological polar surface area (TPSA) is 68.0 Å². The van der Waals surface area contributed by atoms with Crippen molar-refractivity contribution >= 4 is 18.6 Å². The molecule has 0 fully saturated rings. The number of hydrogen-bond donors (Lipinski definition) is 2. The molecule has 0 radical (unpaired) electrons. The molecule has 2 aromatic carbocycles. The monoisotopic (exact) mass is 367 g/mol. The maximum absolute atomic E-state index is 11.8. The Kier molecular flexibility index (Phi) is 5.42. The van der Waals surface area contributed by atoms with Crippen molar-refractivity contribution in [1.82, 2.24) is 14.8 Å². The van der Waals surface area contributed by atoms with Crippen LogP contribution in [0.4, 0.5) is 0 Å². The minimum Gasteiger partial charge on any atom is -0.478 e. The van der Waals surface area contributed by atoms with Gasteiger partial charge in [-0.3, -0.25) is 0 Å². The zero-order valence-electron chi connectivity index (χ0n) is 14.8. The van der Waals surface area contributed by atoms with E-state index in [1.165, 1.54) is 0 Å². The Bertz CT molecular complexity index is 920. The number of carboxylic acid groups (broad SMARTS) is 1. The van der Waals surface area contributed by atoms with E-state index in [-0.39, 0.29) is 5.56 Å². The molecule has 0 aliphatic rings. The van der Waals surface area contributed by atoms with Gasteiger partial charge in [0.05, 0.1) is 5.56 Å². The molecule has 6 heteroatoms. The quantitative estimate of drug-likeness (QED) is 0.642. The van der Waals surface area contributed by atoms with E-state index in [0.29, 0.717) is 23.1 Å². The summed E-state index contributed by atoms with van der Waals surface area (Å²) in [6.45, 7) is 4.97. The average molecular weight is 367 g/mol. The number of aromatic carboxylic acids is 1. The van der Waals surface area contributed by atoms with Crippen LogP contribution in [-0.2, 0) is 13.0 Å². The van der Waals surface area contributed by atoms with Crippen LogP contribution in [0.3, 0.4) is 0 Å². The number of carbonyl (C=O) groups is 1. The van der Waals surface area contributed by atoms with E-state index in [0.717, 1.165) is 23.5 Å². The van der Waals surface area contributed by atoms with E-state index in [1.54, 1.807) is 6.07 Å². The van der Waals surface area contributed by atoms with Gasteiger partial charge in [0, 0.05) is 13.0 Å². The molecule has 0 amide bonds. The predicted octanol–water partition coefficient (Wildman–Crippen LogP) is 4.18. The second kappa shape index (κ2) is 7.74. The minimum absolute atomic E-state index is 0.287. The van der Waals surface area contributed by atoms with E-state index in [1.807, 2.05) is 47.1 Å². The third-order valence-electron chi connectivity index (χ3n) is 4.04. The highest BCUT2D eigenvalue weighted by Gasteiger charge is 2.15. The van der Waals surface area contributed by atoms with Crippen molar-refractivity contribution in [2.24, 2.45) is 5.92 Å². The van der Waals surface area contributed by atoms with E-state index >= 15 is 0 Å². The van der Waals surface area contributed by atoms with Crippen LogP contribution >= 0.6 is 12.6 Å². The van der Waals surface area contributed by atoms with E-state index in [9.17, 15) is 9.90 Å². The van der Waals surface area contributed by atoms with Crippen LogP contribution in [-0.4, -0.2) is 25.8 Å². The van der Waals surface area contributed by atoms with Crippen LogP contribution in [0, 0.1) is 5.92 Å². The fraction of sp³-hybridized carbons (Fsp3) is 0.250. The van der Waals surface area contributed by atoms with Crippen LogP contribution in [0.2, 0.25) is 0 Å². The van der Waals surface area contributed by atoms with Gasteiger partial charge in [-0.1, -0.05) is 56.3 Å². The molecule has 0 spiro atoms. The molecule has 26 heavy (non-hydrogen) atoms. The van der Waals surface area contributed by atoms with Gasteiger partial charge in [-0.15, -0.1) is 17.7 Å². The molecule has 0 bridgehead atoms. The Labute approximate surface area is 158 Å². The molecule has 1 heterocycles. The van der Waals surface area contributed by atoms with E-state index < -0.39 is 5.97 Å². The molecular weight excluding hydrogens is 346 g/mol. The van der Waals surface area contributed by atoms with E-state index in [2.05, 4.69) is 36.6 Å². The first-order valence-corrected chi connectivity index (χ1v) is 8.93. The normalized spacial score (nSPS) is 11.1. The number of rotatable bonds is 6. The van der Waals surface area contributed by atoms with Gasteiger partial charge in [0.15, 0.2) is 0 Å². The molecule has 0 unspecified atom stereocenters. The van der Waals surface area contributed by atoms with Gasteiger partial charge < -0.3 is 5.11 Å². The molecule has 0 aliphatic heterocycles. The van der Waals surface area contributed by atoms with Gasteiger partial charge in [0.2, 0.25) is 5.16 Å². The lowest BCUT2D eigenvalue weighted by molar-refractivity contribution is 0.0697. The molecule has 0 saturated heterocycles. The van der Waals surface area contributed by atoms with Gasteiger partial charge >= 0.3 is 5.97 Å². The summed E-state index contributed by atoms with van der Waals surface area (Å²) in [7, 11) is 0. The first kappa shape index (κ1) is 18.2. The van der Waals surface area contributed by atoms with Crippen molar-refractivity contribution in [2.45, 2.75) is 32.0 Å². The average Bonchev–Trinajstić information content (AvgIpc) is 2.93. The molecule has 5 nitrogen and oxygen atoms in total. The number of hydrogen-bond acceptors (Lipinski definition) is 4. The molecule has 0 saturated carbocycles. The molecular formula is C20H21N3O2S. The van der Waals surface area contributed by atoms with Crippen LogP contribution in [0.5, 0.6) is 0 Å². The molecule has 0 aliphatic carbocycles. The number of thiol groups is 1. The highest BCUT2D eigenvalue weighted by Crippen LogP contribution is 2.25. The number of nitrogens with zero attached hydrogens (tertiary/aromatic N) is 3. The number of benzene rings is 2.